The summed E-state index contributed by atoms with van der Waals surface area (Å²) < 4.78 is 59.0. The van der Waals surface area contributed by atoms with E-state index < -0.39 is 29.1 Å². The lowest BCUT2D eigenvalue weighted by Crippen LogP contribution is -2.37. The van der Waals surface area contributed by atoms with Gasteiger partial charge in [-0.3, -0.25) is 0 Å². The van der Waals surface area contributed by atoms with E-state index in [1.165, 1.54) is 6.92 Å². The Morgan fingerprint density at radius 1 is 1.22 bits per heavy atom. The molecule has 0 aliphatic carbocycles. The molecule has 0 saturated carbocycles. The van der Waals surface area contributed by atoms with Crippen LogP contribution in [0, 0.1) is 0 Å². The molecule has 0 N–H and O–H groups in total. The van der Waals surface area contributed by atoms with Crippen LogP contribution >= 0.6 is 0 Å². The maximum absolute atomic E-state index is 14.3. The highest BCUT2D eigenvalue weighted by Crippen LogP contribution is 2.43. The summed E-state index contributed by atoms with van der Waals surface area (Å²) in [7, 11) is 0. The van der Waals surface area contributed by atoms with Crippen molar-refractivity contribution < 1.29 is 27.1 Å². The molecular weight excluding hydrogens is 316 g/mol. The molecule has 4 nitrogen and oxygen atoms in total. The minimum atomic E-state index is -5.22. The standard InChI is InChI=1S/C15H14F4N2O2/c1-3-23-13(22)11-9-21(10-7-5-4-6-8-10)20-12(11)14(2,16)15(17,18)19/h4-9H,3H2,1-2H3. The third kappa shape index (κ3) is 3.20. The predicted octanol–water partition coefficient (Wildman–Crippen LogP) is 3.80. The Balaban J connectivity index is 2.60. The number of hydrogen-bond acceptors (Lipinski definition) is 3. The summed E-state index contributed by atoms with van der Waals surface area (Å²) in [5.41, 5.74) is -4.97. The molecule has 0 spiro atoms. The van der Waals surface area contributed by atoms with Crippen molar-refractivity contribution in [1.82, 2.24) is 9.78 Å². The van der Waals surface area contributed by atoms with Gasteiger partial charge in [0.1, 0.15) is 11.3 Å². The molecule has 0 aliphatic rings. The molecule has 124 valence electrons. The summed E-state index contributed by atoms with van der Waals surface area (Å²) in [6, 6.07) is 8.11. The molecule has 8 heteroatoms. The molecule has 0 saturated heterocycles. The first-order valence-electron chi connectivity index (χ1n) is 6.76. The molecule has 2 rings (SSSR count). The number of rotatable bonds is 4. The number of alkyl halides is 4. The fraction of sp³-hybridized carbons (Fsp3) is 0.333. The smallest absolute Gasteiger partial charge is 0.428 e. The van der Waals surface area contributed by atoms with Crippen LogP contribution in [0.5, 0.6) is 0 Å². The molecule has 23 heavy (non-hydrogen) atoms. The largest absolute Gasteiger partial charge is 0.462 e. The predicted molar refractivity (Wildman–Crippen MR) is 74.0 cm³/mol. The summed E-state index contributed by atoms with van der Waals surface area (Å²) in [4.78, 5) is 11.9. The number of nitrogens with zero attached hydrogens (tertiary/aromatic N) is 2. The van der Waals surface area contributed by atoms with Crippen LogP contribution in [-0.2, 0) is 10.4 Å². The second-order valence-corrected chi connectivity index (χ2v) is 4.89. The fourth-order valence-electron chi connectivity index (χ4n) is 1.93. The monoisotopic (exact) mass is 330 g/mol. The second kappa shape index (κ2) is 6.02. The van der Waals surface area contributed by atoms with Crippen LogP contribution in [0.4, 0.5) is 17.6 Å². The first kappa shape index (κ1) is 17.0. The van der Waals surface area contributed by atoms with Crippen LogP contribution in [0.1, 0.15) is 29.9 Å². The lowest BCUT2D eigenvalue weighted by atomic mass is 10.0. The Morgan fingerprint density at radius 2 is 1.83 bits per heavy atom. The Hall–Kier alpha value is -2.38. The van der Waals surface area contributed by atoms with Gasteiger partial charge in [-0.05, 0) is 26.0 Å². The van der Waals surface area contributed by atoms with E-state index in [1.807, 2.05) is 0 Å². The molecule has 0 aliphatic heterocycles. The maximum Gasteiger partial charge on any atom is 0.428 e. The summed E-state index contributed by atoms with van der Waals surface area (Å²) in [5.74, 6) is -1.06. The van der Waals surface area contributed by atoms with Crippen LogP contribution < -0.4 is 0 Å². The molecule has 0 bridgehead atoms. The van der Waals surface area contributed by atoms with Crippen LogP contribution in [0.15, 0.2) is 36.5 Å². The van der Waals surface area contributed by atoms with Gasteiger partial charge in [-0.15, -0.1) is 0 Å². The molecule has 1 unspecified atom stereocenters. The van der Waals surface area contributed by atoms with E-state index in [4.69, 9.17) is 4.74 Å². The van der Waals surface area contributed by atoms with Crippen molar-refractivity contribution in [2.45, 2.75) is 25.7 Å². The van der Waals surface area contributed by atoms with Crippen LogP contribution in [0.3, 0.4) is 0 Å². The van der Waals surface area contributed by atoms with E-state index >= 15 is 0 Å². The number of benzene rings is 1. The third-order valence-corrected chi connectivity index (χ3v) is 3.21. The molecule has 0 fully saturated rings. The average Bonchev–Trinajstić information content (AvgIpc) is 2.93. The highest BCUT2D eigenvalue weighted by Gasteiger charge is 2.57. The molecule has 1 heterocycles. The van der Waals surface area contributed by atoms with Crippen LogP contribution in [0.25, 0.3) is 5.69 Å². The zero-order valence-electron chi connectivity index (χ0n) is 12.4. The summed E-state index contributed by atoms with van der Waals surface area (Å²) in [5, 5.41) is 3.64. The zero-order valence-corrected chi connectivity index (χ0v) is 12.4. The van der Waals surface area contributed by atoms with Gasteiger partial charge in [-0.25, -0.2) is 13.9 Å². The number of carbonyl (C=O) groups excluding carboxylic acids is 1. The van der Waals surface area contributed by atoms with Gasteiger partial charge >= 0.3 is 12.1 Å². The number of ether oxygens (including phenoxy) is 1. The van der Waals surface area contributed by atoms with Crippen molar-refractivity contribution in [2.24, 2.45) is 0 Å². The van der Waals surface area contributed by atoms with Crippen molar-refractivity contribution in [3.8, 4) is 5.69 Å². The quantitative estimate of drug-likeness (QED) is 0.633. The van der Waals surface area contributed by atoms with E-state index in [0.29, 0.717) is 12.6 Å². The van der Waals surface area contributed by atoms with Gasteiger partial charge in [0, 0.05) is 6.20 Å². The Kier molecular flexibility index (Phi) is 4.44. The topological polar surface area (TPSA) is 44.1 Å². The molecule has 1 aromatic carbocycles. The molecule has 1 aromatic heterocycles. The van der Waals surface area contributed by atoms with Crippen LogP contribution in [0.2, 0.25) is 0 Å². The molecule has 2 aromatic rings. The minimum absolute atomic E-state index is 0.0518. The molecule has 0 radical (unpaired) electrons. The van der Waals surface area contributed by atoms with E-state index in [2.05, 4.69) is 5.10 Å². The van der Waals surface area contributed by atoms with Gasteiger partial charge in [0.25, 0.3) is 0 Å². The molecule has 0 amide bonds. The van der Waals surface area contributed by atoms with Gasteiger partial charge in [-0.1, -0.05) is 18.2 Å². The van der Waals surface area contributed by atoms with Crippen molar-refractivity contribution in [2.75, 3.05) is 6.61 Å². The SMILES string of the molecule is CCOC(=O)c1cn(-c2ccccc2)nc1C(C)(F)C(F)(F)F. The third-order valence-electron chi connectivity index (χ3n) is 3.21. The Bertz CT molecular complexity index is 693. The van der Waals surface area contributed by atoms with Crippen molar-refractivity contribution >= 4 is 5.97 Å². The number of halogens is 4. The maximum atomic E-state index is 14.3. The lowest BCUT2D eigenvalue weighted by Gasteiger charge is -2.22. The van der Waals surface area contributed by atoms with Crippen molar-refractivity contribution in [1.29, 1.82) is 0 Å². The number of hydrogen-bond donors (Lipinski definition) is 0. The summed E-state index contributed by atoms with van der Waals surface area (Å²) >= 11 is 0. The highest BCUT2D eigenvalue weighted by atomic mass is 19.4. The fourth-order valence-corrected chi connectivity index (χ4v) is 1.93. The highest BCUT2D eigenvalue weighted by molar-refractivity contribution is 5.91. The van der Waals surface area contributed by atoms with E-state index in [1.54, 1.807) is 30.3 Å². The molecule has 1 atom stereocenters. The normalized spacial score (nSPS) is 14.3. The van der Waals surface area contributed by atoms with E-state index in [-0.39, 0.29) is 6.61 Å². The van der Waals surface area contributed by atoms with Gasteiger partial charge < -0.3 is 4.74 Å². The zero-order chi connectivity index (χ0) is 17.3. The van der Waals surface area contributed by atoms with Crippen molar-refractivity contribution in [3.63, 3.8) is 0 Å². The lowest BCUT2D eigenvalue weighted by molar-refractivity contribution is -0.230. The number of aromatic nitrogens is 2. The average molecular weight is 330 g/mol. The van der Waals surface area contributed by atoms with Crippen LogP contribution in [-0.4, -0.2) is 28.5 Å². The summed E-state index contributed by atoms with van der Waals surface area (Å²) in [6.45, 7) is 1.77. The first-order chi connectivity index (χ1) is 10.7. The van der Waals surface area contributed by atoms with Gasteiger partial charge in [0.2, 0.25) is 5.67 Å². The number of esters is 1. The number of carbonyl (C=O) groups is 1. The van der Waals surface area contributed by atoms with Gasteiger partial charge in [-0.2, -0.15) is 18.3 Å². The van der Waals surface area contributed by atoms with Gasteiger partial charge in [0.05, 0.1) is 12.3 Å². The molecular formula is C15H14F4N2O2. The second-order valence-electron chi connectivity index (χ2n) is 4.89. The van der Waals surface area contributed by atoms with Crippen molar-refractivity contribution in [3.05, 3.63) is 47.8 Å². The number of para-hydroxylation sites is 1. The minimum Gasteiger partial charge on any atom is -0.462 e. The first-order valence-corrected chi connectivity index (χ1v) is 6.76. The van der Waals surface area contributed by atoms with E-state index in [0.717, 1.165) is 10.9 Å². The summed E-state index contributed by atoms with van der Waals surface area (Å²) in [6.07, 6.45) is -4.18. The van der Waals surface area contributed by atoms with Gasteiger partial charge in [0.15, 0.2) is 0 Å². The Labute approximate surface area is 129 Å². The van der Waals surface area contributed by atoms with E-state index in [9.17, 15) is 22.4 Å². The Morgan fingerprint density at radius 3 is 2.35 bits per heavy atom.